The lowest BCUT2D eigenvalue weighted by Crippen LogP contribution is -2.16. The molecular weight excluding hydrogens is 284 g/mol. The highest BCUT2D eigenvalue weighted by Gasteiger charge is 2.18. The molecule has 0 spiro atoms. The van der Waals surface area contributed by atoms with E-state index in [4.69, 9.17) is 4.18 Å². The lowest BCUT2D eigenvalue weighted by atomic mass is 10.1. The third-order valence-corrected chi connectivity index (χ3v) is 4.71. The average molecular weight is 304 g/mol. The van der Waals surface area contributed by atoms with Gasteiger partial charge in [0.2, 0.25) is 0 Å². The van der Waals surface area contributed by atoms with E-state index in [1.165, 1.54) is 5.56 Å². The smallest absolute Gasteiger partial charge is 0.263 e. The van der Waals surface area contributed by atoms with E-state index >= 15 is 0 Å². The largest absolute Gasteiger partial charge is 0.297 e. The van der Waals surface area contributed by atoms with Crippen LogP contribution in [0.2, 0.25) is 0 Å². The highest BCUT2D eigenvalue weighted by atomic mass is 32.2. The fraction of sp³-hybridized carbons (Fsp3) is 0.294. The summed E-state index contributed by atoms with van der Waals surface area (Å²) < 4.78 is 29.5. The molecule has 1 atom stereocenters. The second-order valence-electron chi connectivity index (χ2n) is 5.20. The number of hydrogen-bond acceptors (Lipinski definition) is 3. The zero-order valence-electron chi connectivity index (χ0n) is 12.3. The zero-order chi connectivity index (χ0) is 15.3. The number of benzene rings is 2. The Morgan fingerprint density at radius 1 is 1.00 bits per heavy atom. The Balaban J connectivity index is 1.95. The molecule has 2 rings (SSSR count). The van der Waals surface area contributed by atoms with Crippen molar-refractivity contribution in [2.24, 2.45) is 0 Å². The molecule has 2 aromatic rings. The SMILES string of the molecule is Cc1ccc(S(=O)(=O)OC(C)CCc2ccccc2)cc1. The molecule has 0 amide bonds. The third-order valence-electron chi connectivity index (χ3n) is 3.28. The van der Waals surface area contributed by atoms with E-state index < -0.39 is 10.1 Å². The van der Waals surface area contributed by atoms with E-state index in [0.717, 1.165) is 12.0 Å². The molecule has 0 heterocycles. The van der Waals surface area contributed by atoms with Gasteiger partial charge in [-0.05, 0) is 44.4 Å². The fourth-order valence-electron chi connectivity index (χ4n) is 2.04. The van der Waals surface area contributed by atoms with Crippen molar-refractivity contribution < 1.29 is 12.6 Å². The normalized spacial score (nSPS) is 13.0. The molecule has 2 aromatic carbocycles. The van der Waals surface area contributed by atoms with Crippen LogP contribution in [0, 0.1) is 6.92 Å². The maximum Gasteiger partial charge on any atom is 0.297 e. The van der Waals surface area contributed by atoms with Crippen molar-refractivity contribution in [1.82, 2.24) is 0 Å². The molecule has 0 aromatic heterocycles. The lowest BCUT2D eigenvalue weighted by Gasteiger charge is -2.13. The molecule has 112 valence electrons. The molecule has 0 aliphatic carbocycles. The van der Waals surface area contributed by atoms with Crippen LogP contribution in [0.15, 0.2) is 59.5 Å². The van der Waals surface area contributed by atoms with E-state index in [0.29, 0.717) is 6.42 Å². The van der Waals surface area contributed by atoms with Gasteiger partial charge in [-0.1, -0.05) is 48.0 Å². The molecule has 0 aliphatic heterocycles. The third kappa shape index (κ3) is 4.69. The van der Waals surface area contributed by atoms with Gasteiger partial charge in [0.25, 0.3) is 10.1 Å². The first-order valence-corrected chi connectivity index (χ1v) is 8.42. The summed E-state index contributed by atoms with van der Waals surface area (Å²) in [5.41, 5.74) is 2.20. The van der Waals surface area contributed by atoms with Crippen LogP contribution >= 0.6 is 0 Å². The molecule has 0 aliphatic rings. The summed E-state index contributed by atoms with van der Waals surface area (Å²) in [7, 11) is -3.68. The Hall–Kier alpha value is -1.65. The van der Waals surface area contributed by atoms with Gasteiger partial charge in [-0.3, -0.25) is 4.18 Å². The van der Waals surface area contributed by atoms with Crippen molar-refractivity contribution in [1.29, 1.82) is 0 Å². The Labute approximate surface area is 126 Å². The molecule has 0 N–H and O–H groups in total. The Morgan fingerprint density at radius 3 is 2.24 bits per heavy atom. The minimum atomic E-state index is -3.68. The summed E-state index contributed by atoms with van der Waals surface area (Å²) in [5.74, 6) is 0. The second-order valence-corrected chi connectivity index (χ2v) is 6.77. The first-order valence-electron chi connectivity index (χ1n) is 7.01. The lowest BCUT2D eigenvalue weighted by molar-refractivity contribution is 0.218. The standard InChI is InChI=1S/C17H20O3S/c1-14-8-12-17(13-9-14)21(18,19)20-15(2)10-11-16-6-4-3-5-7-16/h3-9,12-13,15H,10-11H2,1-2H3. The van der Waals surface area contributed by atoms with Crippen molar-refractivity contribution in [3.05, 3.63) is 65.7 Å². The number of rotatable bonds is 6. The van der Waals surface area contributed by atoms with Gasteiger partial charge in [0.05, 0.1) is 11.0 Å². The first-order chi connectivity index (χ1) is 9.97. The zero-order valence-corrected chi connectivity index (χ0v) is 13.1. The quantitative estimate of drug-likeness (QED) is 0.764. The van der Waals surface area contributed by atoms with Gasteiger partial charge < -0.3 is 0 Å². The van der Waals surface area contributed by atoms with Gasteiger partial charge in [-0.2, -0.15) is 8.42 Å². The van der Waals surface area contributed by atoms with E-state index in [-0.39, 0.29) is 11.0 Å². The minimum absolute atomic E-state index is 0.208. The summed E-state index contributed by atoms with van der Waals surface area (Å²) in [6.45, 7) is 3.70. The Bertz CT molecular complexity index is 661. The van der Waals surface area contributed by atoms with Crippen LogP contribution in [0.1, 0.15) is 24.5 Å². The van der Waals surface area contributed by atoms with Crippen molar-refractivity contribution in [2.75, 3.05) is 0 Å². The van der Waals surface area contributed by atoms with Crippen LogP contribution in [-0.4, -0.2) is 14.5 Å². The molecule has 4 heteroatoms. The molecule has 0 radical (unpaired) electrons. The molecule has 0 bridgehead atoms. The highest BCUT2D eigenvalue weighted by Crippen LogP contribution is 2.17. The minimum Gasteiger partial charge on any atom is -0.263 e. The number of hydrogen-bond donors (Lipinski definition) is 0. The van der Waals surface area contributed by atoms with Crippen molar-refractivity contribution in [3.63, 3.8) is 0 Å². The summed E-state index contributed by atoms with van der Waals surface area (Å²) in [5, 5.41) is 0. The molecular formula is C17H20O3S. The maximum atomic E-state index is 12.1. The number of aryl methyl sites for hydroxylation is 2. The van der Waals surface area contributed by atoms with E-state index in [2.05, 4.69) is 0 Å². The Morgan fingerprint density at radius 2 is 1.62 bits per heavy atom. The molecule has 3 nitrogen and oxygen atoms in total. The van der Waals surface area contributed by atoms with Crippen LogP contribution in [0.25, 0.3) is 0 Å². The van der Waals surface area contributed by atoms with Crippen LogP contribution < -0.4 is 0 Å². The van der Waals surface area contributed by atoms with Crippen LogP contribution in [0.5, 0.6) is 0 Å². The summed E-state index contributed by atoms with van der Waals surface area (Å²) >= 11 is 0. The summed E-state index contributed by atoms with van der Waals surface area (Å²) in [4.78, 5) is 0.208. The topological polar surface area (TPSA) is 43.4 Å². The van der Waals surface area contributed by atoms with Gasteiger partial charge in [-0.25, -0.2) is 0 Å². The van der Waals surface area contributed by atoms with Gasteiger partial charge >= 0.3 is 0 Å². The van der Waals surface area contributed by atoms with Crippen LogP contribution in [0.3, 0.4) is 0 Å². The second kappa shape index (κ2) is 6.87. The monoisotopic (exact) mass is 304 g/mol. The summed E-state index contributed by atoms with van der Waals surface area (Å²) in [6, 6.07) is 16.7. The molecule has 1 unspecified atom stereocenters. The van der Waals surface area contributed by atoms with E-state index in [9.17, 15) is 8.42 Å². The molecule has 0 fully saturated rings. The van der Waals surface area contributed by atoms with Gasteiger partial charge in [-0.15, -0.1) is 0 Å². The van der Waals surface area contributed by atoms with Crippen molar-refractivity contribution in [3.8, 4) is 0 Å². The van der Waals surface area contributed by atoms with E-state index in [1.54, 1.807) is 31.2 Å². The van der Waals surface area contributed by atoms with Crippen molar-refractivity contribution in [2.45, 2.75) is 37.7 Å². The predicted molar refractivity (Wildman–Crippen MR) is 83.7 cm³/mol. The average Bonchev–Trinajstić information content (AvgIpc) is 2.46. The van der Waals surface area contributed by atoms with Crippen molar-refractivity contribution >= 4 is 10.1 Å². The molecule has 0 saturated carbocycles. The van der Waals surface area contributed by atoms with Gasteiger partial charge in [0.1, 0.15) is 0 Å². The predicted octanol–water partition coefficient (Wildman–Crippen LogP) is 3.72. The van der Waals surface area contributed by atoms with Gasteiger partial charge in [0, 0.05) is 0 Å². The highest BCUT2D eigenvalue weighted by molar-refractivity contribution is 7.86. The van der Waals surface area contributed by atoms with Crippen LogP contribution in [-0.2, 0) is 20.7 Å². The van der Waals surface area contributed by atoms with Crippen LogP contribution in [0.4, 0.5) is 0 Å². The van der Waals surface area contributed by atoms with E-state index in [1.807, 2.05) is 37.3 Å². The first kappa shape index (κ1) is 15.7. The molecule has 0 saturated heterocycles. The maximum absolute atomic E-state index is 12.1. The Kier molecular flexibility index (Phi) is 5.15. The summed E-state index contributed by atoms with van der Waals surface area (Å²) in [6.07, 6.45) is 1.11. The fourth-order valence-corrected chi connectivity index (χ4v) is 3.15. The molecule has 21 heavy (non-hydrogen) atoms. The van der Waals surface area contributed by atoms with Gasteiger partial charge in [0.15, 0.2) is 0 Å².